The Morgan fingerprint density at radius 3 is 2.63 bits per heavy atom. The fraction of sp³-hybridized carbons (Fsp3) is 0.471. The van der Waals surface area contributed by atoms with E-state index < -0.39 is 23.8 Å². The molecule has 2 aromatic rings. The monoisotopic (exact) mass is 377 g/mol. The van der Waals surface area contributed by atoms with Gasteiger partial charge in [-0.25, -0.2) is 14.3 Å². The molecule has 0 saturated carbocycles. The smallest absolute Gasteiger partial charge is 0.326 e. The Bertz CT molecular complexity index is 914. The number of H-pyrrole nitrogens is 1. The lowest BCUT2D eigenvalue weighted by Gasteiger charge is -2.16. The fourth-order valence-corrected chi connectivity index (χ4v) is 2.65. The molecule has 2 amide bonds. The number of aliphatic carboxylic acids is 1. The molecule has 0 aliphatic heterocycles. The minimum Gasteiger partial charge on any atom is -0.480 e. The highest BCUT2D eigenvalue weighted by molar-refractivity contribution is 5.88. The summed E-state index contributed by atoms with van der Waals surface area (Å²) in [7, 11) is 0. The van der Waals surface area contributed by atoms with Gasteiger partial charge >= 0.3 is 5.97 Å². The number of nitrogens with one attached hydrogen (secondary N) is 3. The Kier molecular flexibility index (Phi) is 6.32. The van der Waals surface area contributed by atoms with E-state index in [4.69, 9.17) is 5.11 Å². The maximum Gasteiger partial charge on any atom is 0.326 e. The largest absolute Gasteiger partial charge is 0.480 e. The summed E-state index contributed by atoms with van der Waals surface area (Å²) in [6, 6.07) is 0.624. The van der Waals surface area contributed by atoms with E-state index in [-0.39, 0.29) is 36.4 Å². The number of rotatable bonds is 8. The predicted molar refractivity (Wildman–Crippen MR) is 96.3 cm³/mol. The molecule has 0 aliphatic carbocycles. The van der Waals surface area contributed by atoms with Crippen LogP contribution in [0.15, 0.2) is 17.1 Å². The van der Waals surface area contributed by atoms with Crippen LogP contribution in [0.2, 0.25) is 0 Å². The van der Waals surface area contributed by atoms with Gasteiger partial charge in [-0.2, -0.15) is 0 Å². The summed E-state index contributed by atoms with van der Waals surface area (Å²) in [5.41, 5.74) is 0.717. The number of nitrogens with zero attached hydrogens (tertiary/aromatic N) is 2. The van der Waals surface area contributed by atoms with Crippen molar-refractivity contribution in [3.8, 4) is 0 Å². The minimum atomic E-state index is -1.13. The van der Waals surface area contributed by atoms with Gasteiger partial charge in [-0.15, -0.1) is 0 Å². The molecular formula is C17H23N5O5. The standard InChI is InChI=1S/C17H23N5O5/c1-9(2)6-12(17(26)27)21-15(24)8-18-14(23)7-11-10(3)20-13-4-5-19-22(13)16(11)25/h4-5,9,12,19H,6-8H2,1-3H3,(H,18,23)(H,21,24)(H,26,27)/t12-/m0/s1. The molecule has 146 valence electrons. The summed E-state index contributed by atoms with van der Waals surface area (Å²) in [5.74, 6) is -2.18. The number of fused-ring (bicyclic) bond motifs is 1. The van der Waals surface area contributed by atoms with Crippen molar-refractivity contribution in [2.24, 2.45) is 5.92 Å². The summed E-state index contributed by atoms with van der Waals surface area (Å²) in [6.45, 7) is 4.95. The molecule has 10 nitrogen and oxygen atoms in total. The van der Waals surface area contributed by atoms with Crippen molar-refractivity contribution < 1.29 is 19.5 Å². The fourth-order valence-electron chi connectivity index (χ4n) is 2.65. The molecule has 27 heavy (non-hydrogen) atoms. The molecule has 0 aromatic carbocycles. The molecule has 0 radical (unpaired) electrons. The molecular weight excluding hydrogens is 354 g/mol. The lowest BCUT2D eigenvalue weighted by Crippen LogP contribution is -2.46. The third-order valence-electron chi connectivity index (χ3n) is 3.97. The first kappa shape index (κ1) is 20.1. The van der Waals surface area contributed by atoms with E-state index >= 15 is 0 Å². The van der Waals surface area contributed by atoms with Gasteiger partial charge in [0.05, 0.1) is 13.0 Å². The number of carbonyl (C=O) groups is 3. The second kappa shape index (κ2) is 8.47. The molecule has 0 spiro atoms. The van der Waals surface area contributed by atoms with Gasteiger partial charge in [0.2, 0.25) is 11.8 Å². The average Bonchev–Trinajstić information content (AvgIpc) is 3.04. The lowest BCUT2D eigenvalue weighted by molar-refractivity contribution is -0.142. The number of carboxylic acid groups (broad SMARTS) is 1. The Morgan fingerprint density at radius 1 is 1.30 bits per heavy atom. The highest BCUT2D eigenvalue weighted by atomic mass is 16.4. The molecule has 0 bridgehead atoms. The van der Waals surface area contributed by atoms with Gasteiger partial charge < -0.3 is 15.7 Å². The van der Waals surface area contributed by atoms with Crippen molar-refractivity contribution in [2.75, 3.05) is 6.54 Å². The molecule has 1 atom stereocenters. The van der Waals surface area contributed by atoms with E-state index in [0.717, 1.165) is 0 Å². The second-order valence-electron chi connectivity index (χ2n) is 6.68. The zero-order chi connectivity index (χ0) is 20.1. The highest BCUT2D eigenvalue weighted by Gasteiger charge is 2.21. The van der Waals surface area contributed by atoms with Crippen molar-refractivity contribution in [2.45, 2.75) is 39.7 Å². The molecule has 2 aromatic heterocycles. The topological polar surface area (TPSA) is 146 Å². The molecule has 0 aliphatic rings. The molecule has 0 fully saturated rings. The van der Waals surface area contributed by atoms with E-state index in [1.807, 2.05) is 13.8 Å². The van der Waals surface area contributed by atoms with Gasteiger partial charge in [-0.05, 0) is 19.3 Å². The summed E-state index contributed by atoms with van der Waals surface area (Å²) >= 11 is 0. The first-order chi connectivity index (χ1) is 12.7. The average molecular weight is 377 g/mol. The first-order valence-electron chi connectivity index (χ1n) is 8.53. The number of hydrogen-bond donors (Lipinski definition) is 4. The predicted octanol–water partition coefficient (Wildman–Crippen LogP) is -0.395. The van der Waals surface area contributed by atoms with Gasteiger partial charge in [-0.1, -0.05) is 13.8 Å². The zero-order valence-corrected chi connectivity index (χ0v) is 15.4. The normalized spacial score (nSPS) is 12.1. The number of amides is 2. The Hall–Kier alpha value is -3.17. The maximum atomic E-state index is 12.4. The molecule has 2 heterocycles. The van der Waals surface area contributed by atoms with Crippen LogP contribution in [0.3, 0.4) is 0 Å². The number of carbonyl (C=O) groups excluding carboxylic acids is 2. The van der Waals surface area contributed by atoms with E-state index in [9.17, 15) is 19.2 Å². The Morgan fingerprint density at radius 2 is 2.00 bits per heavy atom. The van der Waals surface area contributed by atoms with Crippen LogP contribution < -0.4 is 16.2 Å². The third kappa shape index (κ3) is 5.16. The summed E-state index contributed by atoms with van der Waals surface area (Å²) in [6.07, 6.45) is 1.61. The van der Waals surface area contributed by atoms with E-state index in [1.54, 1.807) is 19.2 Å². The van der Waals surface area contributed by atoms with Gasteiger partial charge in [0, 0.05) is 23.5 Å². The number of hydrogen-bond acceptors (Lipinski definition) is 5. The van der Waals surface area contributed by atoms with Crippen LogP contribution >= 0.6 is 0 Å². The molecule has 2 rings (SSSR count). The van der Waals surface area contributed by atoms with E-state index in [1.165, 1.54) is 4.52 Å². The number of aryl methyl sites for hydroxylation is 1. The minimum absolute atomic E-state index is 0.0901. The molecule has 10 heteroatoms. The quantitative estimate of drug-likeness (QED) is 0.493. The van der Waals surface area contributed by atoms with Crippen molar-refractivity contribution in [1.82, 2.24) is 25.2 Å². The van der Waals surface area contributed by atoms with Gasteiger partial charge in [-0.3, -0.25) is 19.5 Å². The van der Waals surface area contributed by atoms with Crippen LogP contribution in [0.25, 0.3) is 5.65 Å². The maximum absolute atomic E-state index is 12.4. The van der Waals surface area contributed by atoms with Crippen molar-refractivity contribution in [1.29, 1.82) is 0 Å². The van der Waals surface area contributed by atoms with Crippen LogP contribution in [-0.4, -0.2) is 50.1 Å². The van der Waals surface area contributed by atoms with E-state index in [0.29, 0.717) is 11.3 Å². The Labute approximate surface area is 155 Å². The van der Waals surface area contributed by atoms with Gasteiger partial charge in [0.1, 0.15) is 6.04 Å². The van der Waals surface area contributed by atoms with Crippen molar-refractivity contribution >= 4 is 23.4 Å². The second-order valence-corrected chi connectivity index (χ2v) is 6.68. The van der Waals surface area contributed by atoms with Crippen molar-refractivity contribution in [3.05, 3.63) is 33.9 Å². The van der Waals surface area contributed by atoms with Crippen LogP contribution in [0.5, 0.6) is 0 Å². The number of aromatic nitrogens is 3. The van der Waals surface area contributed by atoms with Gasteiger partial charge in [0.25, 0.3) is 5.56 Å². The first-order valence-corrected chi connectivity index (χ1v) is 8.53. The zero-order valence-electron chi connectivity index (χ0n) is 15.4. The van der Waals surface area contributed by atoms with Gasteiger partial charge in [0.15, 0.2) is 5.65 Å². The molecule has 0 unspecified atom stereocenters. The third-order valence-corrected chi connectivity index (χ3v) is 3.97. The van der Waals surface area contributed by atoms with Crippen LogP contribution in [-0.2, 0) is 20.8 Å². The number of carboxylic acids is 1. The lowest BCUT2D eigenvalue weighted by atomic mass is 10.0. The highest BCUT2D eigenvalue weighted by Crippen LogP contribution is 2.05. The molecule has 4 N–H and O–H groups in total. The molecule has 0 saturated heterocycles. The Balaban J connectivity index is 1.95. The van der Waals surface area contributed by atoms with Crippen LogP contribution in [0.1, 0.15) is 31.5 Å². The van der Waals surface area contributed by atoms with Crippen LogP contribution in [0.4, 0.5) is 0 Å². The van der Waals surface area contributed by atoms with Crippen LogP contribution in [0, 0.1) is 12.8 Å². The number of aromatic amines is 1. The summed E-state index contributed by atoms with van der Waals surface area (Å²) < 4.78 is 1.23. The summed E-state index contributed by atoms with van der Waals surface area (Å²) in [4.78, 5) is 51.8. The van der Waals surface area contributed by atoms with E-state index in [2.05, 4.69) is 20.7 Å². The van der Waals surface area contributed by atoms with Crippen molar-refractivity contribution in [3.63, 3.8) is 0 Å². The summed E-state index contributed by atoms with van der Waals surface area (Å²) in [5, 5.41) is 16.6. The SMILES string of the molecule is Cc1nc2cc[nH]n2c(=O)c1CC(=O)NCC(=O)N[C@@H](CC(C)C)C(=O)O.